The Labute approximate surface area is 164 Å². The Bertz CT molecular complexity index is 853. The summed E-state index contributed by atoms with van der Waals surface area (Å²) in [6.07, 6.45) is 2.09. The average Bonchev–Trinajstić information content (AvgIpc) is 3.10. The predicted octanol–water partition coefficient (Wildman–Crippen LogP) is 2.50. The number of aliphatic imine (C=N–C) groups is 1. The van der Waals surface area contributed by atoms with Gasteiger partial charge in [-0.2, -0.15) is 4.99 Å². The number of amides is 1. The molecule has 7 nitrogen and oxygen atoms in total. The monoisotopic (exact) mass is 412 g/mol. The molecule has 3 rings (SSSR count). The minimum atomic E-state index is -3.12. The van der Waals surface area contributed by atoms with Crippen molar-refractivity contribution in [1.82, 2.24) is 0 Å². The summed E-state index contributed by atoms with van der Waals surface area (Å²) in [7, 11) is -0.000179. The molecule has 2 atom stereocenters. The van der Waals surface area contributed by atoms with Crippen LogP contribution in [0.3, 0.4) is 0 Å². The maximum Gasteiger partial charge on any atom is 0.248 e. The third-order valence-electron chi connectivity index (χ3n) is 4.68. The van der Waals surface area contributed by atoms with Gasteiger partial charge in [0.05, 0.1) is 37.5 Å². The van der Waals surface area contributed by atoms with Crippen molar-refractivity contribution in [2.45, 2.75) is 37.5 Å². The van der Waals surface area contributed by atoms with E-state index in [0.29, 0.717) is 28.8 Å². The molecule has 9 heteroatoms. The molecule has 0 spiro atoms. The van der Waals surface area contributed by atoms with Gasteiger partial charge in [-0.1, -0.05) is 25.1 Å². The molecule has 27 heavy (non-hydrogen) atoms. The molecular weight excluding hydrogens is 388 g/mol. The topological polar surface area (TPSA) is 85.3 Å². The van der Waals surface area contributed by atoms with Gasteiger partial charge < -0.3 is 14.4 Å². The number of benzene rings is 1. The van der Waals surface area contributed by atoms with E-state index < -0.39 is 9.84 Å². The molecule has 0 saturated carbocycles. The van der Waals surface area contributed by atoms with Gasteiger partial charge in [-0.05, 0) is 18.6 Å². The number of nitrogens with zero attached hydrogens (tertiary/aromatic N) is 2. The SMILES string of the molecule is CCCCC(=O)N=C1SC2CS(=O)(=O)CC2N1c1cc(OC)ccc1OC. The third kappa shape index (κ3) is 4.24. The number of fused-ring (bicyclic) bond motifs is 1. The summed E-state index contributed by atoms with van der Waals surface area (Å²) in [4.78, 5) is 18.4. The van der Waals surface area contributed by atoms with Gasteiger partial charge in [0.15, 0.2) is 15.0 Å². The molecule has 2 fully saturated rings. The van der Waals surface area contributed by atoms with Crippen LogP contribution in [0.15, 0.2) is 23.2 Å². The Morgan fingerprint density at radius 3 is 2.74 bits per heavy atom. The summed E-state index contributed by atoms with van der Waals surface area (Å²) >= 11 is 1.36. The molecule has 2 unspecified atom stereocenters. The van der Waals surface area contributed by atoms with Crippen LogP contribution in [0.25, 0.3) is 0 Å². The summed E-state index contributed by atoms with van der Waals surface area (Å²) in [5, 5.41) is 0.385. The van der Waals surface area contributed by atoms with Crippen molar-refractivity contribution in [3.05, 3.63) is 18.2 Å². The Balaban J connectivity index is 2.03. The van der Waals surface area contributed by atoms with Crippen LogP contribution in [0.1, 0.15) is 26.2 Å². The maximum absolute atomic E-state index is 12.3. The van der Waals surface area contributed by atoms with Gasteiger partial charge in [0.1, 0.15) is 11.5 Å². The fourth-order valence-corrected chi connectivity index (χ4v) is 7.25. The molecule has 1 amide bonds. The molecule has 2 saturated heterocycles. The first-order valence-corrected chi connectivity index (χ1v) is 11.6. The number of rotatable bonds is 6. The lowest BCUT2D eigenvalue weighted by Gasteiger charge is -2.26. The number of sulfone groups is 1. The van der Waals surface area contributed by atoms with Crippen LogP contribution in [-0.4, -0.2) is 56.5 Å². The van der Waals surface area contributed by atoms with Crippen molar-refractivity contribution in [3.63, 3.8) is 0 Å². The average molecular weight is 413 g/mol. The van der Waals surface area contributed by atoms with Crippen LogP contribution < -0.4 is 14.4 Å². The third-order valence-corrected chi connectivity index (χ3v) is 7.89. The second-order valence-electron chi connectivity index (χ2n) is 6.60. The molecule has 0 aromatic heterocycles. The minimum Gasteiger partial charge on any atom is -0.497 e. The molecular formula is C18H24N2O5S2. The molecule has 0 aliphatic carbocycles. The molecule has 2 aliphatic heterocycles. The fourth-order valence-electron chi connectivity index (χ4n) is 3.32. The number of ether oxygens (including phenoxy) is 2. The predicted molar refractivity (Wildman–Crippen MR) is 108 cm³/mol. The van der Waals surface area contributed by atoms with Crippen molar-refractivity contribution in [2.75, 3.05) is 30.6 Å². The summed E-state index contributed by atoms with van der Waals surface area (Å²) in [6.45, 7) is 2.02. The first kappa shape index (κ1) is 20.0. The van der Waals surface area contributed by atoms with Crippen molar-refractivity contribution in [1.29, 1.82) is 0 Å². The van der Waals surface area contributed by atoms with E-state index in [1.54, 1.807) is 32.4 Å². The first-order chi connectivity index (χ1) is 12.9. The smallest absolute Gasteiger partial charge is 0.248 e. The van der Waals surface area contributed by atoms with Crippen LogP contribution >= 0.6 is 11.8 Å². The van der Waals surface area contributed by atoms with Crippen LogP contribution in [0.5, 0.6) is 11.5 Å². The first-order valence-electron chi connectivity index (χ1n) is 8.88. The Morgan fingerprint density at radius 1 is 1.30 bits per heavy atom. The van der Waals surface area contributed by atoms with E-state index in [-0.39, 0.29) is 28.7 Å². The fraction of sp³-hybridized carbons (Fsp3) is 0.556. The molecule has 148 valence electrons. The normalized spacial score (nSPS) is 24.9. The van der Waals surface area contributed by atoms with Gasteiger partial charge in [0.25, 0.3) is 0 Å². The number of unbranched alkanes of at least 4 members (excludes halogenated alkanes) is 1. The van der Waals surface area contributed by atoms with E-state index in [2.05, 4.69) is 4.99 Å². The number of hydrogen-bond acceptors (Lipinski definition) is 6. The van der Waals surface area contributed by atoms with Gasteiger partial charge in [-0.15, -0.1) is 0 Å². The number of amidine groups is 1. The zero-order valence-corrected chi connectivity index (χ0v) is 17.3. The van der Waals surface area contributed by atoms with Gasteiger partial charge in [-0.25, -0.2) is 8.42 Å². The zero-order valence-electron chi connectivity index (χ0n) is 15.7. The highest BCUT2D eigenvalue weighted by Crippen LogP contribution is 2.45. The summed E-state index contributed by atoms with van der Waals surface area (Å²) in [6, 6.07) is 5.06. The zero-order chi connectivity index (χ0) is 19.6. The van der Waals surface area contributed by atoms with Gasteiger partial charge in [0, 0.05) is 17.7 Å². The second-order valence-corrected chi connectivity index (χ2v) is 9.96. The molecule has 1 aromatic carbocycles. The van der Waals surface area contributed by atoms with Crippen LogP contribution in [0.4, 0.5) is 5.69 Å². The van der Waals surface area contributed by atoms with Gasteiger partial charge >= 0.3 is 0 Å². The highest BCUT2D eigenvalue weighted by Gasteiger charge is 2.50. The van der Waals surface area contributed by atoms with E-state index in [0.717, 1.165) is 12.8 Å². The highest BCUT2D eigenvalue weighted by atomic mass is 32.2. The maximum atomic E-state index is 12.3. The number of carbonyl (C=O) groups is 1. The quantitative estimate of drug-likeness (QED) is 0.710. The standard InChI is InChI=1S/C18H24N2O5S2/c1-4-5-6-17(21)19-18-20(14-10-27(22,23)11-16(14)26-18)13-9-12(24-2)7-8-15(13)25-3/h7-9,14,16H,4-6,10-11H2,1-3H3. The summed E-state index contributed by atoms with van der Waals surface area (Å²) < 4.78 is 35.1. The lowest BCUT2D eigenvalue weighted by atomic mass is 10.2. The number of anilines is 1. The van der Waals surface area contributed by atoms with Crippen LogP contribution in [-0.2, 0) is 14.6 Å². The van der Waals surface area contributed by atoms with E-state index >= 15 is 0 Å². The Kier molecular flexibility index (Phi) is 6.00. The molecule has 1 aromatic rings. The van der Waals surface area contributed by atoms with E-state index in [4.69, 9.17) is 9.47 Å². The largest absolute Gasteiger partial charge is 0.497 e. The number of carbonyl (C=O) groups excluding carboxylic acids is 1. The van der Waals surface area contributed by atoms with Crippen LogP contribution in [0.2, 0.25) is 0 Å². The van der Waals surface area contributed by atoms with Crippen molar-refractivity contribution >= 4 is 38.4 Å². The molecule has 0 radical (unpaired) electrons. The van der Waals surface area contributed by atoms with Crippen molar-refractivity contribution in [2.24, 2.45) is 4.99 Å². The van der Waals surface area contributed by atoms with Crippen LogP contribution in [0, 0.1) is 0 Å². The highest BCUT2D eigenvalue weighted by molar-refractivity contribution is 8.16. The Morgan fingerprint density at radius 2 is 2.07 bits per heavy atom. The second kappa shape index (κ2) is 8.10. The summed E-state index contributed by atoms with van der Waals surface area (Å²) in [5.74, 6) is 1.14. The minimum absolute atomic E-state index is 0.0349. The summed E-state index contributed by atoms with van der Waals surface area (Å²) in [5.41, 5.74) is 0.663. The molecule has 2 aliphatic rings. The van der Waals surface area contributed by atoms with Gasteiger partial charge in [-0.3, -0.25) is 4.79 Å². The lowest BCUT2D eigenvalue weighted by Crippen LogP contribution is -2.38. The molecule has 2 heterocycles. The van der Waals surface area contributed by atoms with E-state index in [9.17, 15) is 13.2 Å². The van der Waals surface area contributed by atoms with E-state index in [1.165, 1.54) is 11.8 Å². The Hall–Kier alpha value is -1.74. The number of methoxy groups -OCH3 is 2. The van der Waals surface area contributed by atoms with Crippen molar-refractivity contribution < 1.29 is 22.7 Å². The number of hydrogen-bond donors (Lipinski definition) is 0. The van der Waals surface area contributed by atoms with Gasteiger partial charge in [0.2, 0.25) is 5.91 Å². The molecule has 0 N–H and O–H groups in total. The number of thioether (sulfide) groups is 1. The van der Waals surface area contributed by atoms with E-state index in [1.807, 2.05) is 11.8 Å². The van der Waals surface area contributed by atoms with Crippen molar-refractivity contribution in [3.8, 4) is 11.5 Å². The molecule has 0 bridgehead atoms. The lowest BCUT2D eigenvalue weighted by molar-refractivity contribution is -0.117.